The summed E-state index contributed by atoms with van der Waals surface area (Å²) < 4.78 is 4.93. The Bertz CT molecular complexity index is 355. The molecule has 0 saturated heterocycles. The van der Waals surface area contributed by atoms with Crippen molar-refractivity contribution in [1.29, 1.82) is 0 Å². The number of anilines is 2. The molecule has 1 aromatic carbocycles. The number of para-hydroxylation sites is 2. The van der Waals surface area contributed by atoms with Crippen molar-refractivity contribution in [2.45, 2.75) is 6.04 Å². The maximum Gasteiger partial charge on any atom is 0.243 e. The SMILES string of the molecule is CN[C@@H](COC)C(=O)Nc1ccccc1N. The fourth-order valence-corrected chi connectivity index (χ4v) is 1.29. The highest BCUT2D eigenvalue weighted by Gasteiger charge is 2.16. The Morgan fingerprint density at radius 1 is 1.50 bits per heavy atom. The molecule has 88 valence electrons. The third-order valence-electron chi connectivity index (χ3n) is 2.22. The van der Waals surface area contributed by atoms with Gasteiger partial charge in [0.05, 0.1) is 18.0 Å². The molecule has 0 spiro atoms. The van der Waals surface area contributed by atoms with Gasteiger partial charge in [0.25, 0.3) is 0 Å². The van der Waals surface area contributed by atoms with Gasteiger partial charge in [-0.05, 0) is 19.2 Å². The highest BCUT2D eigenvalue weighted by molar-refractivity contribution is 5.97. The zero-order valence-electron chi connectivity index (χ0n) is 9.49. The number of likely N-dealkylation sites (N-methyl/N-ethyl adjacent to an activating group) is 1. The molecule has 0 unspecified atom stereocenters. The van der Waals surface area contributed by atoms with Crippen LogP contribution in [0.4, 0.5) is 11.4 Å². The van der Waals surface area contributed by atoms with E-state index in [1.165, 1.54) is 0 Å². The number of benzene rings is 1. The van der Waals surface area contributed by atoms with Crippen LogP contribution in [0.3, 0.4) is 0 Å². The van der Waals surface area contributed by atoms with Crippen LogP contribution in [-0.2, 0) is 9.53 Å². The second kappa shape index (κ2) is 6.09. The molecule has 1 atom stereocenters. The summed E-state index contributed by atoms with van der Waals surface area (Å²) in [6, 6.07) is 6.74. The molecule has 1 rings (SSSR count). The standard InChI is InChI=1S/C11H17N3O2/c1-13-10(7-16-2)11(15)14-9-6-4-3-5-8(9)12/h3-6,10,13H,7,12H2,1-2H3,(H,14,15)/t10-/m0/s1. The van der Waals surface area contributed by atoms with Gasteiger partial charge < -0.3 is 21.1 Å². The van der Waals surface area contributed by atoms with E-state index in [4.69, 9.17) is 10.5 Å². The Kier molecular flexibility index (Phi) is 4.75. The zero-order valence-corrected chi connectivity index (χ0v) is 9.49. The number of carbonyl (C=O) groups excluding carboxylic acids is 1. The highest BCUT2D eigenvalue weighted by Crippen LogP contribution is 2.16. The summed E-state index contributed by atoms with van der Waals surface area (Å²) in [5.41, 5.74) is 6.88. The molecule has 1 amide bonds. The van der Waals surface area contributed by atoms with Gasteiger partial charge in [-0.25, -0.2) is 0 Å². The molecular formula is C11H17N3O2. The van der Waals surface area contributed by atoms with E-state index in [0.717, 1.165) is 0 Å². The van der Waals surface area contributed by atoms with Crippen LogP contribution in [0.1, 0.15) is 0 Å². The molecule has 0 aliphatic rings. The van der Waals surface area contributed by atoms with Crippen LogP contribution in [0.15, 0.2) is 24.3 Å². The van der Waals surface area contributed by atoms with E-state index in [-0.39, 0.29) is 11.9 Å². The minimum absolute atomic E-state index is 0.165. The van der Waals surface area contributed by atoms with Gasteiger partial charge >= 0.3 is 0 Å². The molecule has 1 aromatic rings. The molecule has 5 nitrogen and oxygen atoms in total. The van der Waals surface area contributed by atoms with Crippen molar-refractivity contribution in [2.75, 3.05) is 31.8 Å². The third kappa shape index (κ3) is 3.22. The molecule has 5 heteroatoms. The van der Waals surface area contributed by atoms with E-state index >= 15 is 0 Å². The first-order chi connectivity index (χ1) is 7.69. The van der Waals surface area contributed by atoms with Gasteiger partial charge in [0.15, 0.2) is 0 Å². The van der Waals surface area contributed by atoms with E-state index in [0.29, 0.717) is 18.0 Å². The summed E-state index contributed by atoms with van der Waals surface area (Å²) >= 11 is 0. The van der Waals surface area contributed by atoms with Crippen LogP contribution in [-0.4, -0.2) is 32.7 Å². The minimum atomic E-state index is -0.385. The summed E-state index contributed by atoms with van der Waals surface area (Å²) in [5, 5.41) is 5.60. The van der Waals surface area contributed by atoms with E-state index in [9.17, 15) is 4.79 Å². The van der Waals surface area contributed by atoms with Gasteiger partial charge in [-0.15, -0.1) is 0 Å². The molecule has 16 heavy (non-hydrogen) atoms. The van der Waals surface area contributed by atoms with Crippen molar-refractivity contribution >= 4 is 17.3 Å². The van der Waals surface area contributed by atoms with Gasteiger partial charge in [-0.3, -0.25) is 4.79 Å². The zero-order chi connectivity index (χ0) is 12.0. The van der Waals surface area contributed by atoms with Gasteiger partial charge in [-0.1, -0.05) is 12.1 Å². The summed E-state index contributed by atoms with van der Waals surface area (Å²) in [6.07, 6.45) is 0. The number of rotatable bonds is 5. The number of nitrogens with one attached hydrogen (secondary N) is 2. The number of nitrogens with two attached hydrogens (primary N) is 1. The first kappa shape index (κ1) is 12.5. The maximum atomic E-state index is 11.8. The normalized spacial score (nSPS) is 12.1. The lowest BCUT2D eigenvalue weighted by Gasteiger charge is -2.15. The summed E-state index contributed by atoms with van der Waals surface area (Å²) in [7, 11) is 3.26. The van der Waals surface area contributed by atoms with Crippen LogP contribution in [0.2, 0.25) is 0 Å². The molecular weight excluding hydrogens is 206 g/mol. The van der Waals surface area contributed by atoms with Crippen molar-refractivity contribution < 1.29 is 9.53 Å². The number of hydrogen-bond acceptors (Lipinski definition) is 4. The van der Waals surface area contributed by atoms with Gasteiger partial charge in [0.2, 0.25) is 5.91 Å². The van der Waals surface area contributed by atoms with Crippen LogP contribution in [0.25, 0.3) is 0 Å². The van der Waals surface area contributed by atoms with E-state index in [2.05, 4.69) is 10.6 Å². The van der Waals surface area contributed by atoms with Crippen LogP contribution in [0.5, 0.6) is 0 Å². The number of nitrogen functional groups attached to an aromatic ring is 1. The molecule has 0 saturated carbocycles. The first-order valence-corrected chi connectivity index (χ1v) is 5.00. The van der Waals surface area contributed by atoms with Crippen LogP contribution in [0, 0.1) is 0 Å². The van der Waals surface area contributed by atoms with Crippen molar-refractivity contribution in [2.24, 2.45) is 0 Å². The molecule has 0 aromatic heterocycles. The summed E-state index contributed by atoms with van der Waals surface area (Å²) in [5.74, 6) is -0.165. The number of carbonyl (C=O) groups is 1. The second-order valence-corrected chi connectivity index (χ2v) is 3.37. The Balaban J connectivity index is 2.66. The molecule has 0 bridgehead atoms. The highest BCUT2D eigenvalue weighted by atomic mass is 16.5. The monoisotopic (exact) mass is 223 g/mol. The molecule has 4 N–H and O–H groups in total. The van der Waals surface area contributed by atoms with E-state index < -0.39 is 0 Å². The fraction of sp³-hybridized carbons (Fsp3) is 0.364. The number of hydrogen-bond donors (Lipinski definition) is 3. The van der Waals surface area contributed by atoms with Gasteiger partial charge in [0, 0.05) is 7.11 Å². The maximum absolute atomic E-state index is 11.8. The molecule has 0 radical (unpaired) electrons. The van der Waals surface area contributed by atoms with Crippen molar-refractivity contribution in [3.05, 3.63) is 24.3 Å². The van der Waals surface area contributed by atoms with E-state index in [1.807, 2.05) is 12.1 Å². The topological polar surface area (TPSA) is 76.4 Å². The average molecular weight is 223 g/mol. The molecule has 0 fully saturated rings. The Hall–Kier alpha value is -1.59. The second-order valence-electron chi connectivity index (χ2n) is 3.37. The Morgan fingerprint density at radius 3 is 2.75 bits per heavy atom. The Morgan fingerprint density at radius 2 is 2.19 bits per heavy atom. The molecule has 0 aliphatic heterocycles. The largest absolute Gasteiger partial charge is 0.397 e. The average Bonchev–Trinajstić information content (AvgIpc) is 2.29. The van der Waals surface area contributed by atoms with Gasteiger partial charge in [-0.2, -0.15) is 0 Å². The number of amides is 1. The third-order valence-corrected chi connectivity index (χ3v) is 2.22. The lowest BCUT2D eigenvalue weighted by molar-refractivity contribution is -0.119. The summed E-state index contributed by atoms with van der Waals surface area (Å²) in [6.45, 7) is 0.315. The molecule has 0 aliphatic carbocycles. The van der Waals surface area contributed by atoms with E-state index in [1.54, 1.807) is 26.3 Å². The minimum Gasteiger partial charge on any atom is -0.397 e. The number of methoxy groups -OCH3 is 1. The Labute approximate surface area is 95.0 Å². The number of ether oxygens (including phenoxy) is 1. The van der Waals surface area contributed by atoms with Crippen LogP contribution >= 0.6 is 0 Å². The first-order valence-electron chi connectivity index (χ1n) is 5.00. The quantitative estimate of drug-likeness (QED) is 0.633. The van der Waals surface area contributed by atoms with Crippen molar-refractivity contribution in [3.63, 3.8) is 0 Å². The van der Waals surface area contributed by atoms with Crippen LogP contribution < -0.4 is 16.4 Å². The lowest BCUT2D eigenvalue weighted by atomic mass is 10.2. The van der Waals surface area contributed by atoms with Crippen molar-refractivity contribution in [1.82, 2.24) is 5.32 Å². The smallest absolute Gasteiger partial charge is 0.243 e. The lowest BCUT2D eigenvalue weighted by Crippen LogP contribution is -2.41. The predicted molar refractivity (Wildman–Crippen MR) is 64.2 cm³/mol. The fourth-order valence-electron chi connectivity index (χ4n) is 1.29. The summed E-state index contributed by atoms with van der Waals surface area (Å²) in [4.78, 5) is 11.8. The molecule has 0 heterocycles. The van der Waals surface area contributed by atoms with Gasteiger partial charge in [0.1, 0.15) is 6.04 Å². The van der Waals surface area contributed by atoms with Crippen molar-refractivity contribution in [3.8, 4) is 0 Å². The predicted octanol–water partition coefficient (Wildman–Crippen LogP) is 0.442.